The van der Waals surface area contributed by atoms with E-state index in [1.165, 1.54) is 25.7 Å². The summed E-state index contributed by atoms with van der Waals surface area (Å²) in [6.07, 6.45) is 12.5. The van der Waals surface area contributed by atoms with Crippen LogP contribution in [-0.4, -0.2) is 6.29 Å². The quantitative estimate of drug-likeness (QED) is 0.378. The predicted octanol–water partition coefficient (Wildman–Crippen LogP) is 3.74. The van der Waals surface area contributed by atoms with Crippen molar-refractivity contribution < 1.29 is 4.79 Å². The molecule has 0 spiro atoms. The fourth-order valence-corrected chi connectivity index (χ4v) is 2.37. The van der Waals surface area contributed by atoms with Crippen LogP contribution in [0.4, 0.5) is 0 Å². The number of allylic oxidation sites excluding steroid dienone is 2. The maximum absolute atomic E-state index is 10.1. The van der Waals surface area contributed by atoms with Crippen molar-refractivity contribution in [3.8, 4) is 0 Å². The Kier molecular flexibility index (Phi) is 4.37. The van der Waals surface area contributed by atoms with E-state index in [1.807, 2.05) is 0 Å². The zero-order chi connectivity index (χ0) is 10.4. The van der Waals surface area contributed by atoms with Crippen molar-refractivity contribution in [3.05, 3.63) is 12.2 Å². The van der Waals surface area contributed by atoms with Gasteiger partial charge in [0, 0.05) is 6.42 Å². The van der Waals surface area contributed by atoms with Crippen LogP contribution in [0.25, 0.3) is 0 Å². The maximum Gasteiger partial charge on any atom is 0.120 e. The molecular formula is C13H22O. The van der Waals surface area contributed by atoms with E-state index in [1.54, 1.807) is 0 Å². The van der Waals surface area contributed by atoms with Crippen LogP contribution in [0.2, 0.25) is 0 Å². The number of aldehydes is 1. The number of hydrogen-bond acceptors (Lipinski definition) is 1. The van der Waals surface area contributed by atoms with E-state index in [0.29, 0.717) is 11.8 Å². The summed E-state index contributed by atoms with van der Waals surface area (Å²) in [4.78, 5) is 10.1. The first-order chi connectivity index (χ1) is 6.64. The number of carbonyl (C=O) groups is 1. The van der Waals surface area contributed by atoms with Gasteiger partial charge in [0.05, 0.1) is 0 Å². The molecule has 14 heavy (non-hydrogen) atoms. The average molecular weight is 194 g/mol. The Hall–Kier alpha value is -0.590. The largest absolute Gasteiger partial charge is 0.303 e. The fourth-order valence-electron chi connectivity index (χ4n) is 2.37. The Bertz CT molecular complexity index is 203. The average Bonchev–Trinajstić information content (AvgIpc) is 2.11. The van der Waals surface area contributed by atoms with Crippen molar-refractivity contribution in [2.45, 2.75) is 52.4 Å². The highest BCUT2D eigenvalue weighted by Gasteiger charge is 2.26. The van der Waals surface area contributed by atoms with Crippen molar-refractivity contribution >= 4 is 6.29 Å². The summed E-state index contributed by atoms with van der Waals surface area (Å²) in [5, 5.41) is 0. The van der Waals surface area contributed by atoms with Gasteiger partial charge in [-0.3, -0.25) is 0 Å². The smallest absolute Gasteiger partial charge is 0.120 e. The van der Waals surface area contributed by atoms with Crippen LogP contribution in [0, 0.1) is 11.3 Å². The van der Waals surface area contributed by atoms with Crippen LogP contribution in [0.3, 0.4) is 0 Å². The second kappa shape index (κ2) is 5.33. The normalized spacial score (nSPS) is 26.6. The van der Waals surface area contributed by atoms with Crippen LogP contribution in [0.15, 0.2) is 12.2 Å². The Morgan fingerprint density at radius 1 is 1.36 bits per heavy atom. The molecular weight excluding hydrogens is 172 g/mol. The predicted molar refractivity (Wildman–Crippen MR) is 60.2 cm³/mol. The Morgan fingerprint density at radius 3 is 2.79 bits per heavy atom. The SMILES string of the molecule is CC1(C)CCCC(C=CCCC=O)C1. The van der Waals surface area contributed by atoms with Gasteiger partial charge in [0.15, 0.2) is 0 Å². The lowest BCUT2D eigenvalue weighted by Crippen LogP contribution is -2.21. The summed E-state index contributed by atoms with van der Waals surface area (Å²) in [6, 6.07) is 0. The number of carbonyl (C=O) groups excluding carboxylic acids is 1. The molecule has 1 fully saturated rings. The third-order valence-electron chi connectivity index (χ3n) is 3.10. The number of unbranched alkanes of at least 4 members (excludes halogenated alkanes) is 1. The molecule has 0 saturated heterocycles. The van der Waals surface area contributed by atoms with E-state index in [-0.39, 0.29) is 0 Å². The molecule has 1 aliphatic carbocycles. The highest BCUT2D eigenvalue weighted by molar-refractivity contribution is 5.49. The van der Waals surface area contributed by atoms with Crippen molar-refractivity contribution in [3.63, 3.8) is 0 Å². The first kappa shape index (κ1) is 11.5. The minimum absolute atomic E-state index is 0.526. The molecule has 0 aromatic heterocycles. The third-order valence-corrected chi connectivity index (χ3v) is 3.10. The van der Waals surface area contributed by atoms with Gasteiger partial charge in [0.25, 0.3) is 0 Å². The number of hydrogen-bond donors (Lipinski definition) is 0. The molecule has 1 atom stereocenters. The summed E-state index contributed by atoms with van der Waals surface area (Å²) in [7, 11) is 0. The zero-order valence-electron chi connectivity index (χ0n) is 9.46. The molecule has 1 heteroatoms. The van der Waals surface area contributed by atoms with Gasteiger partial charge < -0.3 is 4.79 Å². The molecule has 1 unspecified atom stereocenters. The lowest BCUT2D eigenvalue weighted by molar-refractivity contribution is -0.107. The third kappa shape index (κ3) is 4.08. The van der Waals surface area contributed by atoms with Gasteiger partial charge in [-0.25, -0.2) is 0 Å². The van der Waals surface area contributed by atoms with Gasteiger partial charge in [0.1, 0.15) is 6.29 Å². The van der Waals surface area contributed by atoms with Crippen LogP contribution < -0.4 is 0 Å². The standard InChI is InChI=1S/C13H22O/c1-13(2)9-6-8-12(11-13)7-4-3-5-10-14/h4,7,10,12H,3,5-6,8-9,11H2,1-2H3. The molecule has 1 saturated carbocycles. The minimum Gasteiger partial charge on any atom is -0.303 e. The van der Waals surface area contributed by atoms with Gasteiger partial charge in [0.2, 0.25) is 0 Å². The van der Waals surface area contributed by atoms with Crippen LogP contribution in [-0.2, 0) is 4.79 Å². The highest BCUT2D eigenvalue weighted by atomic mass is 16.1. The molecule has 1 rings (SSSR count). The van der Waals surface area contributed by atoms with E-state index in [4.69, 9.17) is 0 Å². The molecule has 0 aliphatic heterocycles. The lowest BCUT2D eigenvalue weighted by atomic mass is 9.72. The van der Waals surface area contributed by atoms with Crippen LogP contribution >= 0.6 is 0 Å². The lowest BCUT2D eigenvalue weighted by Gasteiger charge is -2.33. The summed E-state index contributed by atoms with van der Waals surface area (Å²) < 4.78 is 0. The van der Waals surface area contributed by atoms with E-state index in [9.17, 15) is 4.79 Å². The molecule has 0 aromatic carbocycles. The maximum atomic E-state index is 10.1. The van der Waals surface area contributed by atoms with Crippen molar-refractivity contribution in [2.75, 3.05) is 0 Å². The first-order valence-corrected chi connectivity index (χ1v) is 5.74. The van der Waals surface area contributed by atoms with E-state index in [0.717, 1.165) is 18.6 Å². The topological polar surface area (TPSA) is 17.1 Å². The van der Waals surface area contributed by atoms with Crippen molar-refractivity contribution in [1.29, 1.82) is 0 Å². The van der Waals surface area contributed by atoms with Crippen molar-refractivity contribution in [1.82, 2.24) is 0 Å². The molecule has 0 N–H and O–H groups in total. The second-order valence-corrected chi connectivity index (χ2v) is 5.19. The van der Waals surface area contributed by atoms with Crippen LogP contribution in [0.1, 0.15) is 52.4 Å². The number of rotatable bonds is 4. The molecule has 80 valence electrons. The van der Waals surface area contributed by atoms with Gasteiger partial charge in [-0.2, -0.15) is 0 Å². The molecule has 0 aromatic rings. The van der Waals surface area contributed by atoms with E-state index in [2.05, 4.69) is 26.0 Å². The van der Waals surface area contributed by atoms with E-state index < -0.39 is 0 Å². The summed E-state index contributed by atoms with van der Waals surface area (Å²) in [5.41, 5.74) is 0.526. The molecule has 1 nitrogen and oxygen atoms in total. The molecule has 0 bridgehead atoms. The van der Waals surface area contributed by atoms with Gasteiger partial charge >= 0.3 is 0 Å². The highest BCUT2D eigenvalue weighted by Crippen LogP contribution is 2.38. The van der Waals surface area contributed by atoms with Gasteiger partial charge in [-0.1, -0.05) is 32.4 Å². The molecule has 0 amide bonds. The summed E-state index contributed by atoms with van der Waals surface area (Å²) >= 11 is 0. The minimum atomic E-state index is 0.526. The summed E-state index contributed by atoms with van der Waals surface area (Å²) in [5.74, 6) is 0.755. The summed E-state index contributed by atoms with van der Waals surface area (Å²) in [6.45, 7) is 4.72. The zero-order valence-corrected chi connectivity index (χ0v) is 9.46. The Labute approximate surface area is 87.6 Å². The second-order valence-electron chi connectivity index (χ2n) is 5.19. The Balaban J connectivity index is 2.30. The molecule has 0 radical (unpaired) electrons. The first-order valence-electron chi connectivity index (χ1n) is 5.74. The van der Waals surface area contributed by atoms with Crippen LogP contribution in [0.5, 0.6) is 0 Å². The monoisotopic (exact) mass is 194 g/mol. The molecule has 1 aliphatic rings. The van der Waals surface area contributed by atoms with Gasteiger partial charge in [-0.05, 0) is 37.0 Å². The molecule has 0 heterocycles. The Morgan fingerprint density at radius 2 is 2.14 bits per heavy atom. The fraction of sp³-hybridized carbons (Fsp3) is 0.769. The van der Waals surface area contributed by atoms with E-state index >= 15 is 0 Å². The van der Waals surface area contributed by atoms with Crippen molar-refractivity contribution in [2.24, 2.45) is 11.3 Å². The van der Waals surface area contributed by atoms with Gasteiger partial charge in [-0.15, -0.1) is 0 Å².